The van der Waals surface area contributed by atoms with Crippen LogP contribution in [-0.2, 0) is 11.8 Å². The van der Waals surface area contributed by atoms with Crippen LogP contribution in [0.15, 0.2) is 88.1 Å². The normalized spacial score (nSPS) is 11.3. The SMILES string of the molecule is Cc1cccn2c(=O)c(/C=C(\C#N)C(=O)Nc3c(C)n(C)n(-c4ccccc4)c3=O)c(Oc3ccc(F)cc3)nc12. The van der Waals surface area contributed by atoms with E-state index in [1.54, 1.807) is 68.0 Å². The van der Waals surface area contributed by atoms with Gasteiger partial charge >= 0.3 is 0 Å². The Labute approximate surface area is 232 Å². The van der Waals surface area contributed by atoms with Gasteiger partial charge in [-0.05, 0) is 68.0 Å². The quantitative estimate of drug-likeness (QED) is 0.249. The van der Waals surface area contributed by atoms with Gasteiger partial charge in [0.05, 0.1) is 11.4 Å². The summed E-state index contributed by atoms with van der Waals surface area (Å²) in [7, 11) is 1.67. The molecule has 0 aliphatic rings. The minimum Gasteiger partial charge on any atom is -0.438 e. The van der Waals surface area contributed by atoms with Crippen molar-refractivity contribution in [3.8, 4) is 23.4 Å². The van der Waals surface area contributed by atoms with Gasteiger partial charge in [0, 0.05) is 13.2 Å². The third kappa shape index (κ3) is 5.02. The van der Waals surface area contributed by atoms with Gasteiger partial charge in [0.2, 0.25) is 5.88 Å². The van der Waals surface area contributed by atoms with Gasteiger partial charge in [-0.25, -0.2) is 9.07 Å². The largest absolute Gasteiger partial charge is 0.438 e. The summed E-state index contributed by atoms with van der Waals surface area (Å²) in [6, 6.07) is 19.2. The standard InChI is InChI=1S/C30H23FN6O4/c1-18-8-7-15-36-26(18)34-28(41-23-13-11-21(31)12-14-23)24(29(36)39)16-20(17-32)27(38)33-25-19(2)35(3)37(30(25)40)22-9-5-4-6-10-22/h4-16H,1-3H3,(H,33,38)/b20-16+. The van der Waals surface area contributed by atoms with E-state index in [0.717, 1.165) is 6.08 Å². The first-order valence-corrected chi connectivity index (χ1v) is 12.4. The molecule has 0 saturated carbocycles. The number of carbonyl (C=O) groups excluding carboxylic acids is 1. The van der Waals surface area contributed by atoms with E-state index in [-0.39, 0.29) is 22.9 Å². The zero-order valence-corrected chi connectivity index (χ0v) is 22.3. The molecule has 5 rings (SSSR count). The Morgan fingerprint density at radius 3 is 2.41 bits per heavy atom. The summed E-state index contributed by atoms with van der Waals surface area (Å²) in [6.45, 7) is 3.42. The minimum atomic E-state index is -0.903. The molecule has 10 nitrogen and oxygen atoms in total. The van der Waals surface area contributed by atoms with E-state index in [2.05, 4.69) is 10.3 Å². The highest BCUT2D eigenvalue weighted by atomic mass is 19.1. The molecule has 1 N–H and O–H groups in total. The first kappa shape index (κ1) is 26.8. The van der Waals surface area contributed by atoms with Crippen molar-refractivity contribution in [1.29, 1.82) is 5.26 Å². The molecule has 0 aliphatic carbocycles. The molecule has 41 heavy (non-hydrogen) atoms. The number of para-hydroxylation sites is 1. The lowest BCUT2D eigenvalue weighted by molar-refractivity contribution is -0.112. The van der Waals surface area contributed by atoms with E-state index in [0.29, 0.717) is 22.6 Å². The predicted molar refractivity (Wildman–Crippen MR) is 151 cm³/mol. The molecule has 0 atom stereocenters. The average Bonchev–Trinajstić information content (AvgIpc) is 3.18. The van der Waals surface area contributed by atoms with Gasteiger partial charge < -0.3 is 10.1 Å². The van der Waals surface area contributed by atoms with Crippen molar-refractivity contribution in [2.24, 2.45) is 7.05 Å². The molecule has 204 valence electrons. The number of hydrogen-bond acceptors (Lipinski definition) is 6. The number of fused-ring (bicyclic) bond motifs is 1. The van der Waals surface area contributed by atoms with E-state index in [9.17, 15) is 24.0 Å². The molecule has 3 aromatic heterocycles. The van der Waals surface area contributed by atoms with Crippen molar-refractivity contribution in [3.63, 3.8) is 0 Å². The molecular weight excluding hydrogens is 527 g/mol. The number of halogens is 1. The zero-order chi connectivity index (χ0) is 29.3. The van der Waals surface area contributed by atoms with Crippen molar-refractivity contribution in [2.75, 3.05) is 5.32 Å². The lowest BCUT2D eigenvalue weighted by Crippen LogP contribution is -2.24. The number of nitriles is 1. The third-order valence-corrected chi connectivity index (χ3v) is 6.52. The summed E-state index contributed by atoms with van der Waals surface area (Å²) in [5, 5.41) is 12.4. The monoisotopic (exact) mass is 550 g/mol. The highest BCUT2D eigenvalue weighted by Crippen LogP contribution is 2.25. The van der Waals surface area contributed by atoms with Crippen LogP contribution in [0.2, 0.25) is 0 Å². The van der Waals surface area contributed by atoms with Crippen LogP contribution in [0.4, 0.5) is 10.1 Å². The Balaban J connectivity index is 1.59. The van der Waals surface area contributed by atoms with Crippen molar-refractivity contribution in [1.82, 2.24) is 18.7 Å². The van der Waals surface area contributed by atoms with Gasteiger partial charge in [0.15, 0.2) is 0 Å². The number of aromatic nitrogens is 4. The molecule has 1 amide bonds. The van der Waals surface area contributed by atoms with Gasteiger partial charge in [-0.2, -0.15) is 10.2 Å². The van der Waals surface area contributed by atoms with Crippen LogP contribution in [0.25, 0.3) is 17.4 Å². The Morgan fingerprint density at radius 1 is 1.02 bits per heavy atom. The number of nitrogens with one attached hydrogen (secondary N) is 1. The molecule has 3 heterocycles. The fraction of sp³-hybridized carbons (Fsp3) is 0.100. The fourth-order valence-corrected chi connectivity index (χ4v) is 4.29. The Morgan fingerprint density at radius 2 is 1.73 bits per heavy atom. The predicted octanol–water partition coefficient (Wildman–Crippen LogP) is 4.28. The lowest BCUT2D eigenvalue weighted by atomic mass is 10.1. The number of rotatable bonds is 6. The first-order chi connectivity index (χ1) is 19.7. The molecule has 2 aromatic carbocycles. The van der Waals surface area contributed by atoms with Crippen LogP contribution in [0, 0.1) is 31.0 Å². The second-order valence-corrected chi connectivity index (χ2v) is 9.14. The molecule has 11 heteroatoms. The molecule has 5 aromatic rings. The fourth-order valence-electron chi connectivity index (χ4n) is 4.29. The number of anilines is 1. The van der Waals surface area contributed by atoms with Crippen molar-refractivity contribution < 1.29 is 13.9 Å². The number of aryl methyl sites for hydroxylation is 1. The lowest BCUT2D eigenvalue weighted by Gasteiger charge is -2.11. The Bertz CT molecular complexity index is 2000. The summed E-state index contributed by atoms with van der Waals surface area (Å²) >= 11 is 0. The summed E-state index contributed by atoms with van der Waals surface area (Å²) in [6.07, 6.45) is 2.56. The number of benzene rings is 2. The highest BCUT2D eigenvalue weighted by molar-refractivity contribution is 6.10. The topological polar surface area (TPSA) is 123 Å². The van der Waals surface area contributed by atoms with E-state index < -0.39 is 28.4 Å². The molecule has 0 fully saturated rings. The highest BCUT2D eigenvalue weighted by Gasteiger charge is 2.22. The molecule has 0 aliphatic heterocycles. The Hall–Kier alpha value is -5.76. The van der Waals surface area contributed by atoms with Crippen molar-refractivity contribution in [3.05, 3.63) is 122 Å². The van der Waals surface area contributed by atoms with Crippen molar-refractivity contribution >= 4 is 23.3 Å². The average molecular weight is 551 g/mol. The van der Waals surface area contributed by atoms with Crippen LogP contribution in [-0.4, -0.2) is 24.7 Å². The number of nitrogens with zero attached hydrogens (tertiary/aromatic N) is 5. The van der Waals surface area contributed by atoms with Gasteiger partial charge in [-0.1, -0.05) is 24.3 Å². The van der Waals surface area contributed by atoms with E-state index in [1.807, 2.05) is 6.07 Å². The molecule has 0 radical (unpaired) electrons. The van der Waals surface area contributed by atoms with E-state index >= 15 is 0 Å². The number of ether oxygens (including phenoxy) is 1. The van der Waals surface area contributed by atoms with Crippen LogP contribution in [0.5, 0.6) is 11.6 Å². The smallest absolute Gasteiger partial charge is 0.295 e. The number of pyridine rings is 1. The van der Waals surface area contributed by atoms with Crippen LogP contribution >= 0.6 is 0 Å². The number of amides is 1. The molecule has 0 spiro atoms. The maximum atomic E-state index is 13.5. The molecule has 0 saturated heterocycles. The van der Waals surface area contributed by atoms with Crippen LogP contribution < -0.4 is 21.2 Å². The van der Waals surface area contributed by atoms with Crippen molar-refractivity contribution in [2.45, 2.75) is 13.8 Å². The maximum absolute atomic E-state index is 13.5. The van der Waals surface area contributed by atoms with Gasteiger partial charge in [-0.15, -0.1) is 0 Å². The number of carbonyl (C=O) groups is 1. The maximum Gasteiger partial charge on any atom is 0.295 e. The van der Waals surface area contributed by atoms with E-state index in [1.165, 1.54) is 39.5 Å². The first-order valence-electron chi connectivity index (χ1n) is 12.4. The summed E-state index contributed by atoms with van der Waals surface area (Å²) in [4.78, 5) is 44.5. The second kappa shape index (κ2) is 10.8. The third-order valence-electron chi connectivity index (χ3n) is 6.52. The number of hydrogen-bond donors (Lipinski definition) is 1. The van der Waals surface area contributed by atoms with Gasteiger partial charge in [0.1, 0.15) is 40.1 Å². The summed E-state index contributed by atoms with van der Waals surface area (Å²) < 4.78 is 23.5. The van der Waals surface area contributed by atoms with Crippen LogP contribution in [0.3, 0.4) is 0 Å². The van der Waals surface area contributed by atoms with Gasteiger partial charge in [0.25, 0.3) is 17.0 Å². The second-order valence-electron chi connectivity index (χ2n) is 9.14. The molecule has 0 bridgehead atoms. The van der Waals surface area contributed by atoms with E-state index in [4.69, 9.17) is 4.74 Å². The summed E-state index contributed by atoms with van der Waals surface area (Å²) in [5.41, 5.74) is 0.260. The molecular formula is C30H23FN6O4. The zero-order valence-electron chi connectivity index (χ0n) is 22.3. The minimum absolute atomic E-state index is 0.0192. The Kier molecular flexibility index (Phi) is 7.05. The summed E-state index contributed by atoms with van der Waals surface area (Å²) in [5.74, 6) is -1.38. The van der Waals surface area contributed by atoms with Crippen LogP contribution in [0.1, 0.15) is 16.8 Å². The van der Waals surface area contributed by atoms with Gasteiger partial charge in [-0.3, -0.25) is 23.5 Å². The molecule has 0 unspecified atom stereocenters.